The van der Waals surface area contributed by atoms with Gasteiger partial charge in [-0.1, -0.05) is 6.07 Å². The largest absolute Gasteiger partial charge is 0.356 e. The molecule has 4 heterocycles. The van der Waals surface area contributed by atoms with E-state index < -0.39 is 0 Å². The highest BCUT2D eigenvalue weighted by Crippen LogP contribution is 2.33. The Kier molecular flexibility index (Phi) is 5.46. The number of aryl methyl sites for hydroxylation is 1. The minimum absolute atomic E-state index is 0.427. The molecule has 3 aliphatic rings. The molecular weight excluding hydrogens is 360 g/mol. The first-order valence-electron chi connectivity index (χ1n) is 11.2. The van der Waals surface area contributed by atoms with Gasteiger partial charge in [-0.15, -0.1) is 0 Å². The molecule has 5 rings (SSSR count). The maximum Gasteiger partial charge on any atom is 0.135 e. The van der Waals surface area contributed by atoms with Gasteiger partial charge in [-0.05, 0) is 63.6 Å². The second-order valence-corrected chi connectivity index (χ2v) is 8.85. The molecule has 0 amide bonds. The summed E-state index contributed by atoms with van der Waals surface area (Å²) in [7, 11) is 2.26. The van der Waals surface area contributed by atoms with Crippen LogP contribution in [0.3, 0.4) is 0 Å². The van der Waals surface area contributed by atoms with E-state index in [1.807, 2.05) is 6.20 Å². The number of rotatable bonds is 4. The highest BCUT2D eigenvalue weighted by atomic mass is 15.2. The Morgan fingerprint density at radius 2 is 2.03 bits per heavy atom. The number of fused-ring (bicyclic) bond motifs is 2. The van der Waals surface area contributed by atoms with Crippen molar-refractivity contribution < 1.29 is 0 Å². The van der Waals surface area contributed by atoms with E-state index in [2.05, 4.69) is 39.3 Å². The Hall–Kier alpha value is -2.05. The highest BCUT2D eigenvalue weighted by molar-refractivity contribution is 5.50. The summed E-state index contributed by atoms with van der Waals surface area (Å²) in [6.45, 7) is 4.13. The first kappa shape index (κ1) is 18.9. The maximum atomic E-state index is 4.74. The van der Waals surface area contributed by atoms with Gasteiger partial charge < -0.3 is 10.2 Å². The van der Waals surface area contributed by atoms with Gasteiger partial charge in [-0.25, -0.2) is 9.97 Å². The Labute approximate surface area is 173 Å². The number of nitrogens with one attached hydrogen (secondary N) is 1. The zero-order chi connectivity index (χ0) is 19.6. The Morgan fingerprint density at radius 1 is 1.14 bits per heavy atom. The van der Waals surface area contributed by atoms with Crippen molar-refractivity contribution in [3.63, 3.8) is 0 Å². The van der Waals surface area contributed by atoms with Gasteiger partial charge in [0.15, 0.2) is 0 Å². The van der Waals surface area contributed by atoms with Crippen LogP contribution in [-0.2, 0) is 19.4 Å². The zero-order valence-corrected chi connectivity index (χ0v) is 17.5. The molecule has 1 aliphatic carbocycles. The highest BCUT2D eigenvalue weighted by Gasteiger charge is 2.30. The van der Waals surface area contributed by atoms with Crippen LogP contribution in [0.1, 0.15) is 60.7 Å². The summed E-state index contributed by atoms with van der Waals surface area (Å²) in [5, 5.41) is 3.73. The van der Waals surface area contributed by atoms with E-state index in [1.54, 1.807) is 6.33 Å². The van der Waals surface area contributed by atoms with Crippen molar-refractivity contribution in [1.82, 2.24) is 25.2 Å². The van der Waals surface area contributed by atoms with Crippen LogP contribution in [0, 0.1) is 0 Å². The van der Waals surface area contributed by atoms with Crippen molar-refractivity contribution in [2.24, 2.45) is 0 Å². The molecule has 0 aromatic carbocycles. The fourth-order valence-corrected chi connectivity index (χ4v) is 5.36. The van der Waals surface area contributed by atoms with Crippen molar-refractivity contribution in [2.45, 2.75) is 63.6 Å². The normalized spacial score (nSPS) is 24.3. The summed E-state index contributed by atoms with van der Waals surface area (Å²) in [5.74, 6) is 1.19. The van der Waals surface area contributed by atoms with Crippen molar-refractivity contribution in [2.75, 3.05) is 31.6 Å². The maximum absolute atomic E-state index is 4.74. The van der Waals surface area contributed by atoms with Gasteiger partial charge in [-0.2, -0.15) is 0 Å². The van der Waals surface area contributed by atoms with Crippen LogP contribution in [0.15, 0.2) is 24.7 Å². The average molecular weight is 393 g/mol. The lowest BCUT2D eigenvalue weighted by Crippen LogP contribution is -2.46. The monoisotopic (exact) mass is 392 g/mol. The number of likely N-dealkylation sites (N-methyl/N-ethyl adjacent to an activating group) is 1. The van der Waals surface area contributed by atoms with E-state index in [4.69, 9.17) is 9.97 Å². The van der Waals surface area contributed by atoms with Gasteiger partial charge >= 0.3 is 0 Å². The number of aromatic nitrogens is 3. The van der Waals surface area contributed by atoms with Gasteiger partial charge in [0.1, 0.15) is 12.1 Å². The van der Waals surface area contributed by atoms with Crippen molar-refractivity contribution in [1.29, 1.82) is 0 Å². The lowest BCUT2D eigenvalue weighted by atomic mass is 9.90. The number of hydrogen-bond acceptors (Lipinski definition) is 6. The molecule has 1 N–H and O–H groups in total. The van der Waals surface area contributed by atoms with Crippen LogP contribution in [0.5, 0.6) is 0 Å². The van der Waals surface area contributed by atoms with Crippen LogP contribution < -0.4 is 10.2 Å². The number of anilines is 1. The molecule has 29 heavy (non-hydrogen) atoms. The van der Waals surface area contributed by atoms with Crippen LogP contribution in [-0.4, -0.2) is 52.6 Å². The molecule has 154 valence electrons. The third-order valence-electron chi connectivity index (χ3n) is 6.88. The minimum Gasteiger partial charge on any atom is -0.356 e. The number of nitrogens with zero attached hydrogens (tertiary/aromatic N) is 5. The van der Waals surface area contributed by atoms with Gasteiger partial charge in [-0.3, -0.25) is 9.88 Å². The van der Waals surface area contributed by atoms with Gasteiger partial charge in [0.2, 0.25) is 0 Å². The fraction of sp³-hybridized carbons (Fsp3) is 0.609. The van der Waals surface area contributed by atoms with E-state index in [1.165, 1.54) is 66.9 Å². The minimum atomic E-state index is 0.427. The lowest BCUT2D eigenvalue weighted by molar-refractivity contribution is 0.190. The second kappa shape index (κ2) is 8.36. The molecule has 0 radical (unpaired) electrons. The Bertz CT molecular complexity index is 847. The predicted molar refractivity (Wildman–Crippen MR) is 115 cm³/mol. The number of pyridine rings is 1. The van der Waals surface area contributed by atoms with E-state index in [9.17, 15) is 0 Å². The third kappa shape index (κ3) is 3.88. The van der Waals surface area contributed by atoms with Crippen molar-refractivity contribution in [3.8, 4) is 0 Å². The summed E-state index contributed by atoms with van der Waals surface area (Å²) in [6, 6.07) is 5.18. The summed E-state index contributed by atoms with van der Waals surface area (Å²) in [4.78, 5) is 19.0. The first-order valence-corrected chi connectivity index (χ1v) is 11.2. The molecule has 6 nitrogen and oxygen atoms in total. The molecule has 0 bridgehead atoms. The molecule has 1 fully saturated rings. The number of hydrogen-bond donors (Lipinski definition) is 1. The average Bonchev–Trinajstić information content (AvgIpc) is 2.79. The molecule has 0 unspecified atom stereocenters. The Balaban J connectivity index is 1.31. The van der Waals surface area contributed by atoms with Gasteiger partial charge in [0.25, 0.3) is 0 Å². The molecule has 2 aromatic rings. The third-order valence-corrected chi connectivity index (χ3v) is 6.88. The SMILES string of the molecule is CN(C[C@@H]1Cc2c(ncnc2N2CCCCC2)CN1)[C@H]1CCCc2cccnc21. The van der Waals surface area contributed by atoms with E-state index >= 15 is 0 Å². The molecular formula is C23H32N6. The molecule has 0 spiro atoms. The molecule has 2 aliphatic heterocycles. The van der Waals surface area contributed by atoms with E-state index in [-0.39, 0.29) is 0 Å². The quantitative estimate of drug-likeness (QED) is 0.863. The predicted octanol–water partition coefficient (Wildman–Crippen LogP) is 2.89. The summed E-state index contributed by atoms with van der Waals surface area (Å²) in [6.07, 6.45) is 12.2. The van der Waals surface area contributed by atoms with Crippen molar-refractivity contribution >= 4 is 5.82 Å². The van der Waals surface area contributed by atoms with E-state index in [0.29, 0.717) is 12.1 Å². The first-order chi connectivity index (χ1) is 14.3. The Morgan fingerprint density at radius 3 is 2.93 bits per heavy atom. The van der Waals surface area contributed by atoms with E-state index in [0.717, 1.165) is 32.6 Å². The second-order valence-electron chi connectivity index (χ2n) is 8.85. The van der Waals surface area contributed by atoms with Gasteiger partial charge in [0.05, 0.1) is 17.4 Å². The van der Waals surface area contributed by atoms with Gasteiger partial charge in [0, 0.05) is 44.0 Å². The standard InChI is InChI=1S/C23H32N6/c1-28(21-9-5-7-17-8-6-10-24-22(17)21)15-18-13-19-20(14-25-18)26-16-27-23(19)29-11-3-2-4-12-29/h6,8,10,16,18,21,25H,2-5,7,9,11-15H2,1H3/t18-,21-/m0/s1. The molecule has 6 heteroatoms. The summed E-state index contributed by atoms with van der Waals surface area (Å²) >= 11 is 0. The topological polar surface area (TPSA) is 57.2 Å². The van der Waals surface area contributed by atoms with Crippen molar-refractivity contribution in [3.05, 3.63) is 47.2 Å². The lowest BCUT2D eigenvalue weighted by Gasteiger charge is -2.37. The van der Waals surface area contributed by atoms with Crippen LogP contribution in [0.2, 0.25) is 0 Å². The van der Waals surface area contributed by atoms with Crippen LogP contribution in [0.25, 0.3) is 0 Å². The zero-order valence-electron chi connectivity index (χ0n) is 17.5. The molecule has 0 saturated carbocycles. The fourth-order valence-electron chi connectivity index (χ4n) is 5.36. The molecule has 2 aromatic heterocycles. The number of piperidine rings is 1. The van der Waals surface area contributed by atoms with Crippen LogP contribution >= 0.6 is 0 Å². The molecule has 1 saturated heterocycles. The summed E-state index contributed by atoms with van der Waals surface area (Å²) < 4.78 is 0. The summed E-state index contributed by atoms with van der Waals surface area (Å²) in [5.41, 5.74) is 5.27. The molecule has 2 atom stereocenters. The van der Waals surface area contributed by atoms with Crippen LogP contribution in [0.4, 0.5) is 5.82 Å². The smallest absolute Gasteiger partial charge is 0.135 e.